The molecule has 2 amide bonds. The average Bonchev–Trinajstić information content (AvgIpc) is 2.40. The van der Waals surface area contributed by atoms with Crippen molar-refractivity contribution in [1.29, 1.82) is 5.41 Å². The molecule has 0 unspecified atom stereocenters. The highest BCUT2D eigenvalue weighted by Gasteiger charge is 2.32. The largest absolute Gasteiger partial charge is 0.477 e. The Morgan fingerprint density at radius 3 is 1.92 bits per heavy atom. The molecule has 26 heavy (non-hydrogen) atoms. The lowest BCUT2D eigenvalue weighted by molar-refractivity contribution is -0.132. The van der Waals surface area contributed by atoms with E-state index in [0.29, 0.717) is 5.75 Å². The first-order valence-electron chi connectivity index (χ1n) is 8.38. The van der Waals surface area contributed by atoms with Gasteiger partial charge in [0.1, 0.15) is 11.4 Å². The number of carbonyl (C=O) groups excluding carboxylic acids is 2. The van der Waals surface area contributed by atoms with Crippen LogP contribution in [0.25, 0.3) is 0 Å². The van der Waals surface area contributed by atoms with Gasteiger partial charge in [-0.05, 0) is 66.5 Å². The maximum absolute atomic E-state index is 12.5. The number of nitrogens with one attached hydrogen (secondary N) is 3. The van der Waals surface area contributed by atoms with E-state index in [0.717, 1.165) is 16.7 Å². The summed E-state index contributed by atoms with van der Waals surface area (Å²) < 4.78 is 11.0. The highest BCUT2D eigenvalue weighted by atomic mass is 16.6. The topological polar surface area (TPSA) is 101 Å². The van der Waals surface area contributed by atoms with Gasteiger partial charge in [0, 0.05) is 0 Å². The van der Waals surface area contributed by atoms with Gasteiger partial charge in [0.2, 0.25) is 5.96 Å². The van der Waals surface area contributed by atoms with E-state index >= 15 is 0 Å². The molecule has 3 N–H and O–H groups in total. The van der Waals surface area contributed by atoms with Crippen LogP contribution in [0.3, 0.4) is 0 Å². The van der Waals surface area contributed by atoms with Gasteiger partial charge >= 0.3 is 6.09 Å². The van der Waals surface area contributed by atoms with Crippen molar-refractivity contribution in [1.82, 2.24) is 10.6 Å². The minimum absolute atomic E-state index is 0.474. The van der Waals surface area contributed by atoms with Crippen molar-refractivity contribution in [2.45, 2.75) is 66.6 Å². The Morgan fingerprint density at radius 1 is 0.962 bits per heavy atom. The first kappa shape index (κ1) is 21.5. The van der Waals surface area contributed by atoms with E-state index in [1.54, 1.807) is 34.6 Å². The van der Waals surface area contributed by atoms with Crippen LogP contribution in [0.2, 0.25) is 0 Å². The number of carbonyl (C=O) groups is 2. The maximum Gasteiger partial charge on any atom is 0.414 e. The van der Waals surface area contributed by atoms with Crippen LogP contribution in [0.4, 0.5) is 4.79 Å². The predicted octanol–water partition coefficient (Wildman–Crippen LogP) is 3.34. The predicted molar refractivity (Wildman–Crippen MR) is 101 cm³/mol. The summed E-state index contributed by atoms with van der Waals surface area (Å²) in [5, 5.41) is 12.2. The number of hydrogen-bond acceptors (Lipinski definition) is 5. The summed E-state index contributed by atoms with van der Waals surface area (Å²) in [4.78, 5) is 24.1. The molecule has 0 saturated heterocycles. The molecule has 7 heteroatoms. The van der Waals surface area contributed by atoms with Crippen LogP contribution in [0.1, 0.15) is 51.3 Å². The lowest BCUT2D eigenvalue weighted by Gasteiger charge is -2.27. The summed E-state index contributed by atoms with van der Waals surface area (Å²) in [6.45, 7) is 14.1. The van der Waals surface area contributed by atoms with Gasteiger partial charge < -0.3 is 9.47 Å². The molecule has 0 fully saturated rings. The lowest BCUT2D eigenvalue weighted by Crippen LogP contribution is -2.53. The Bertz CT molecular complexity index is 695. The van der Waals surface area contributed by atoms with Gasteiger partial charge in [0.15, 0.2) is 5.60 Å². The monoisotopic (exact) mass is 363 g/mol. The van der Waals surface area contributed by atoms with Crippen molar-refractivity contribution in [2.24, 2.45) is 0 Å². The van der Waals surface area contributed by atoms with Gasteiger partial charge in [-0.1, -0.05) is 17.7 Å². The highest BCUT2D eigenvalue weighted by molar-refractivity contribution is 6.04. The Hall–Kier alpha value is -2.57. The molecule has 0 spiro atoms. The molecule has 0 aliphatic rings. The van der Waals surface area contributed by atoms with Gasteiger partial charge in [-0.25, -0.2) is 4.79 Å². The van der Waals surface area contributed by atoms with E-state index in [9.17, 15) is 9.59 Å². The van der Waals surface area contributed by atoms with Gasteiger partial charge in [-0.3, -0.25) is 20.8 Å². The molecule has 0 aromatic heterocycles. The normalized spacial score (nSPS) is 11.5. The quantitative estimate of drug-likeness (QED) is 0.566. The molecule has 0 atom stereocenters. The molecule has 144 valence electrons. The van der Waals surface area contributed by atoms with E-state index < -0.39 is 29.2 Å². The van der Waals surface area contributed by atoms with Gasteiger partial charge in [-0.15, -0.1) is 0 Å². The number of guanidine groups is 1. The van der Waals surface area contributed by atoms with E-state index in [4.69, 9.17) is 14.9 Å². The molecule has 1 aromatic carbocycles. The van der Waals surface area contributed by atoms with Crippen molar-refractivity contribution >= 4 is 18.0 Å². The zero-order valence-electron chi connectivity index (χ0n) is 16.8. The second-order valence-corrected chi connectivity index (χ2v) is 7.80. The number of alkyl carbamates (subject to hydrolysis) is 1. The maximum atomic E-state index is 12.5. The fourth-order valence-corrected chi connectivity index (χ4v) is 2.33. The van der Waals surface area contributed by atoms with E-state index in [1.807, 2.05) is 32.9 Å². The van der Waals surface area contributed by atoms with E-state index in [-0.39, 0.29) is 0 Å². The average molecular weight is 363 g/mol. The van der Waals surface area contributed by atoms with Crippen molar-refractivity contribution < 1.29 is 19.1 Å². The van der Waals surface area contributed by atoms with Crippen LogP contribution in [0, 0.1) is 26.2 Å². The molecule has 1 rings (SSSR count). The Morgan fingerprint density at radius 2 is 1.46 bits per heavy atom. The summed E-state index contributed by atoms with van der Waals surface area (Å²) in [6.07, 6.45) is -0.813. The van der Waals surface area contributed by atoms with E-state index in [2.05, 4.69) is 10.6 Å². The van der Waals surface area contributed by atoms with Gasteiger partial charge in [0.05, 0.1) is 0 Å². The molecular weight excluding hydrogens is 334 g/mol. The lowest BCUT2D eigenvalue weighted by atomic mass is 10.0. The molecule has 0 bridgehead atoms. The second-order valence-electron chi connectivity index (χ2n) is 7.80. The number of amides is 2. The van der Waals surface area contributed by atoms with Crippen LogP contribution >= 0.6 is 0 Å². The number of benzene rings is 1. The van der Waals surface area contributed by atoms with Crippen molar-refractivity contribution in [3.63, 3.8) is 0 Å². The fraction of sp³-hybridized carbons (Fsp3) is 0.526. The van der Waals surface area contributed by atoms with Crippen LogP contribution in [0.5, 0.6) is 5.75 Å². The molecule has 0 aliphatic carbocycles. The van der Waals surface area contributed by atoms with Crippen LogP contribution < -0.4 is 15.4 Å². The van der Waals surface area contributed by atoms with E-state index in [1.165, 1.54) is 0 Å². The number of hydrogen-bond donors (Lipinski definition) is 3. The van der Waals surface area contributed by atoms with Crippen LogP contribution in [-0.4, -0.2) is 29.2 Å². The zero-order valence-corrected chi connectivity index (χ0v) is 16.8. The third-order valence-corrected chi connectivity index (χ3v) is 3.37. The first-order valence-corrected chi connectivity index (χ1v) is 8.38. The van der Waals surface area contributed by atoms with Gasteiger partial charge in [-0.2, -0.15) is 0 Å². The molecule has 0 saturated carbocycles. The number of ether oxygens (including phenoxy) is 2. The Kier molecular flexibility index (Phi) is 6.41. The van der Waals surface area contributed by atoms with Gasteiger partial charge in [0.25, 0.3) is 5.91 Å². The molecule has 1 aromatic rings. The molecule has 0 heterocycles. The molecule has 0 radical (unpaired) electrons. The number of aryl methyl sites for hydroxylation is 3. The summed E-state index contributed by atoms with van der Waals surface area (Å²) in [7, 11) is 0. The summed E-state index contributed by atoms with van der Waals surface area (Å²) in [5.41, 5.74) is 1.01. The van der Waals surface area contributed by atoms with Crippen molar-refractivity contribution in [3.8, 4) is 5.75 Å². The van der Waals surface area contributed by atoms with Crippen LogP contribution in [-0.2, 0) is 9.53 Å². The third kappa shape index (κ3) is 6.38. The fourth-order valence-electron chi connectivity index (χ4n) is 2.33. The first-order chi connectivity index (χ1) is 11.7. The van der Waals surface area contributed by atoms with Crippen molar-refractivity contribution in [2.75, 3.05) is 0 Å². The Labute approximate surface area is 155 Å². The number of rotatable bonds is 3. The summed E-state index contributed by atoms with van der Waals surface area (Å²) in [5.74, 6) is -0.404. The summed E-state index contributed by atoms with van der Waals surface area (Å²) >= 11 is 0. The molecule has 7 nitrogen and oxygen atoms in total. The zero-order chi connectivity index (χ0) is 20.3. The third-order valence-electron chi connectivity index (χ3n) is 3.37. The molecular formula is C19H29N3O4. The standard InChI is InChI=1S/C19H29N3O4/c1-11-9-12(2)14(13(3)10-11)25-19(7,8)15(23)21-16(20)22-17(24)26-18(4,5)6/h9-10H,1-8H3,(H3,20,21,22,23,24). The minimum atomic E-state index is -1.24. The minimum Gasteiger partial charge on any atom is -0.477 e. The SMILES string of the molecule is Cc1cc(C)c(OC(C)(C)C(=O)NC(=N)NC(=O)OC(C)(C)C)c(C)c1. The second kappa shape index (κ2) is 7.76. The molecule has 0 aliphatic heterocycles. The Balaban J connectivity index is 2.77. The summed E-state index contributed by atoms with van der Waals surface area (Å²) in [6, 6.07) is 3.95. The smallest absolute Gasteiger partial charge is 0.414 e. The highest BCUT2D eigenvalue weighted by Crippen LogP contribution is 2.28. The van der Waals surface area contributed by atoms with Crippen LogP contribution in [0.15, 0.2) is 12.1 Å². The van der Waals surface area contributed by atoms with Crippen molar-refractivity contribution in [3.05, 3.63) is 28.8 Å².